The molecule has 0 aliphatic carbocycles. The van der Waals surface area contributed by atoms with Gasteiger partial charge in [0.25, 0.3) is 0 Å². The molecule has 8 heteroatoms. The van der Waals surface area contributed by atoms with Crippen molar-refractivity contribution in [1.29, 1.82) is 0 Å². The molecule has 3 rings (SSSR count). The Morgan fingerprint density at radius 2 is 2.04 bits per heavy atom. The Kier molecular flexibility index (Phi) is 6.08. The van der Waals surface area contributed by atoms with Crippen molar-refractivity contribution >= 4 is 41.6 Å². The molecule has 134 valence electrons. The van der Waals surface area contributed by atoms with Crippen LogP contribution in [0, 0.1) is 4.77 Å². The van der Waals surface area contributed by atoms with E-state index in [9.17, 15) is 0 Å². The van der Waals surface area contributed by atoms with Crippen molar-refractivity contribution in [2.24, 2.45) is 5.10 Å². The molecule has 0 saturated carbocycles. The summed E-state index contributed by atoms with van der Waals surface area (Å²) in [5, 5.41) is 12.5. The topological polar surface area (TPSA) is 55.2 Å². The highest BCUT2D eigenvalue weighted by atomic mass is 35.5. The molecule has 0 aliphatic rings. The summed E-state index contributed by atoms with van der Waals surface area (Å²) in [5.41, 5.74) is 1.71. The zero-order chi connectivity index (χ0) is 18.5. The normalized spacial score (nSPS) is 11.2. The minimum absolute atomic E-state index is 0.383. The molecular weight excluding hydrogens is 391 g/mol. The monoisotopic (exact) mass is 406 g/mol. The van der Waals surface area contributed by atoms with E-state index < -0.39 is 0 Å². The zero-order valence-electron chi connectivity index (χ0n) is 13.9. The number of benzene rings is 2. The SMILES string of the molecule is CCc1n[nH]c(=S)n1/N=C\c1cc(Cl)ccc1OCc1cccc(Cl)c1. The number of nitrogens with one attached hydrogen (secondary N) is 1. The van der Waals surface area contributed by atoms with Crippen LogP contribution in [0.5, 0.6) is 5.75 Å². The quantitative estimate of drug-likeness (QED) is 0.447. The fourth-order valence-electron chi connectivity index (χ4n) is 2.33. The van der Waals surface area contributed by atoms with Crippen LogP contribution < -0.4 is 4.74 Å². The van der Waals surface area contributed by atoms with Crippen LogP contribution in [0.3, 0.4) is 0 Å². The lowest BCUT2D eigenvalue weighted by Gasteiger charge is -2.10. The van der Waals surface area contributed by atoms with Crippen LogP contribution in [0.1, 0.15) is 23.9 Å². The second-order valence-corrected chi connectivity index (χ2v) is 6.72. The van der Waals surface area contributed by atoms with Gasteiger partial charge in [-0.3, -0.25) is 5.10 Å². The molecular formula is C18H16Cl2N4OS. The lowest BCUT2D eigenvalue weighted by Crippen LogP contribution is -2.01. The highest BCUT2D eigenvalue weighted by Crippen LogP contribution is 2.23. The van der Waals surface area contributed by atoms with E-state index in [4.69, 9.17) is 40.2 Å². The maximum atomic E-state index is 6.12. The largest absolute Gasteiger partial charge is 0.488 e. The van der Waals surface area contributed by atoms with Crippen LogP contribution >= 0.6 is 35.4 Å². The van der Waals surface area contributed by atoms with Gasteiger partial charge in [0.1, 0.15) is 12.4 Å². The van der Waals surface area contributed by atoms with Crippen LogP contribution in [-0.4, -0.2) is 21.1 Å². The second-order valence-electron chi connectivity index (χ2n) is 5.46. The maximum Gasteiger partial charge on any atom is 0.216 e. The summed E-state index contributed by atoms with van der Waals surface area (Å²) in [6.07, 6.45) is 2.36. The Morgan fingerprint density at radius 1 is 1.23 bits per heavy atom. The number of aryl methyl sites for hydroxylation is 1. The van der Waals surface area contributed by atoms with Gasteiger partial charge in [-0.2, -0.15) is 14.9 Å². The maximum absolute atomic E-state index is 6.12. The molecule has 0 amide bonds. The van der Waals surface area contributed by atoms with Crippen LogP contribution in [0.15, 0.2) is 47.6 Å². The zero-order valence-corrected chi connectivity index (χ0v) is 16.3. The molecule has 0 saturated heterocycles. The summed E-state index contributed by atoms with van der Waals surface area (Å²) in [6, 6.07) is 12.9. The molecule has 26 heavy (non-hydrogen) atoms. The number of halogens is 2. The van der Waals surface area contributed by atoms with Gasteiger partial charge < -0.3 is 4.74 Å². The van der Waals surface area contributed by atoms with E-state index in [1.807, 2.05) is 37.3 Å². The van der Waals surface area contributed by atoms with Crippen LogP contribution in [0.2, 0.25) is 10.0 Å². The average Bonchev–Trinajstić information content (AvgIpc) is 2.99. The number of hydrogen-bond acceptors (Lipinski definition) is 4. The van der Waals surface area contributed by atoms with Crippen molar-refractivity contribution in [1.82, 2.24) is 14.9 Å². The standard InChI is InChI=1S/C18H16Cl2N4OS/c1-2-17-22-23-18(26)24(17)21-10-13-9-15(20)6-7-16(13)25-11-12-4-3-5-14(19)8-12/h3-10H,2,11H2,1H3,(H,23,26)/b21-10-. The Hall–Kier alpha value is -2.15. The van der Waals surface area contributed by atoms with Gasteiger partial charge in [-0.05, 0) is 48.1 Å². The minimum atomic E-state index is 0.383. The molecule has 0 spiro atoms. The molecule has 1 heterocycles. The van der Waals surface area contributed by atoms with Gasteiger partial charge in [0.05, 0.1) is 6.21 Å². The molecule has 2 aromatic carbocycles. The Morgan fingerprint density at radius 3 is 2.81 bits per heavy atom. The Balaban J connectivity index is 1.85. The van der Waals surface area contributed by atoms with Crippen LogP contribution in [0.25, 0.3) is 0 Å². The van der Waals surface area contributed by atoms with Gasteiger partial charge in [0.15, 0.2) is 5.82 Å². The van der Waals surface area contributed by atoms with Gasteiger partial charge in [-0.1, -0.05) is 42.3 Å². The first-order valence-electron chi connectivity index (χ1n) is 7.94. The Labute approximate surface area is 166 Å². The van der Waals surface area contributed by atoms with E-state index in [-0.39, 0.29) is 0 Å². The third-order valence-electron chi connectivity index (χ3n) is 3.60. The van der Waals surface area contributed by atoms with Crippen molar-refractivity contribution in [2.75, 3.05) is 0 Å². The molecule has 0 atom stereocenters. The number of nitrogens with zero attached hydrogens (tertiary/aromatic N) is 3. The van der Waals surface area contributed by atoms with E-state index in [1.165, 1.54) is 0 Å². The third-order valence-corrected chi connectivity index (χ3v) is 4.34. The first-order valence-corrected chi connectivity index (χ1v) is 9.10. The summed E-state index contributed by atoms with van der Waals surface area (Å²) in [7, 11) is 0. The molecule has 1 N–H and O–H groups in total. The molecule has 0 bridgehead atoms. The van der Waals surface area contributed by atoms with E-state index >= 15 is 0 Å². The first kappa shape index (κ1) is 18.6. The summed E-state index contributed by atoms with van der Waals surface area (Å²) >= 11 is 17.3. The van der Waals surface area contributed by atoms with Gasteiger partial charge in [-0.25, -0.2) is 0 Å². The number of ether oxygens (including phenoxy) is 1. The molecule has 0 aliphatic heterocycles. The molecule has 0 unspecified atom stereocenters. The number of rotatable bonds is 6. The fourth-order valence-corrected chi connectivity index (χ4v) is 2.92. The smallest absolute Gasteiger partial charge is 0.216 e. The summed E-state index contributed by atoms with van der Waals surface area (Å²) in [4.78, 5) is 0. The van der Waals surface area contributed by atoms with Crippen LogP contribution in [0.4, 0.5) is 0 Å². The van der Waals surface area contributed by atoms with Crippen molar-refractivity contribution in [3.05, 3.63) is 74.2 Å². The molecule has 1 aromatic heterocycles. The number of aromatic nitrogens is 3. The van der Waals surface area contributed by atoms with Gasteiger partial charge in [0.2, 0.25) is 4.77 Å². The summed E-state index contributed by atoms with van der Waals surface area (Å²) in [5.74, 6) is 1.40. The number of aromatic amines is 1. The summed E-state index contributed by atoms with van der Waals surface area (Å²) in [6.45, 7) is 2.37. The summed E-state index contributed by atoms with van der Waals surface area (Å²) < 4.78 is 7.93. The van der Waals surface area contributed by atoms with Crippen molar-refractivity contribution < 1.29 is 4.74 Å². The molecule has 3 aromatic rings. The highest BCUT2D eigenvalue weighted by molar-refractivity contribution is 7.71. The number of H-pyrrole nitrogens is 1. The fraction of sp³-hybridized carbons (Fsp3) is 0.167. The van der Waals surface area contributed by atoms with Crippen molar-refractivity contribution in [3.8, 4) is 5.75 Å². The highest BCUT2D eigenvalue weighted by Gasteiger charge is 2.06. The van der Waals surface area contributed by atoms with Gasteiger partial charge in [0, 0.05) is 22.0 Å². The lowest BCUT2D eigenvalue weighted by molar-refractivity contribution is 0.306. The minimum Gasteiger partial charge on any atom is -0.488 e. The molecule has 0 fully saturated rings. The predicted octanol–water partition coefficient (Wildman–Crippen LogP) is 5.27. The van der Waals surface area contributed by atoms with Crippen LogP contribution in [-0.2, 0) is 13.0 Å². The average molecular weight is 407 g/mol. The Bertz CT molecular complexity index is 997. The predicted molar refractivity (Wildman–Crippen MR) is 107 cm³/mol. The lowest BCUT2D eigenvalue weighted by atomic mass is 10.2. The molecule has 5 nitrogen and oxygen atoms in total. The number of hydrogen-bond donors (Lipinski definition) is 1. The molecule has 0 radical (unpaired) electrons. The van der Waals surface area contributed by atoms with Crippen molar-refractivity contribution in [3.63, 3.8) is 0 Å². The van der Waals surface area contributed by atoms with Gasteiger partial charge >= 0.3 is 0 Å². The van der Waals surface area contributed by atoms with Crippen molar-refractivity contribution in [2.45, 2.75) is 20.0 Å². The van der Waals surface area contributed by atoms with E-state index in [1.54, 1.807) is 23.0 Å². The first-order chi connectivity index (χ1) is 12.6. The van der Waals surface area contributed by atoms with E-state index in [0.29, 0.717) is 33.6 Å². The van der Waals surface area contributed by atoms with E-state index in [2.05, 4.69) is 15.3 Å². The van der Waals surface area contributed by atoms with Gasteiger partial charge in [-0.15, -0.1) is 0 Å². The van der Waals surface area contributed by atoms with E-state index in [0.717, 1.165) is 17.0 Å². The second kappa shape index (κ2) is 8.49. The third kappa shape index (κ3) is 4.52.